The van der Waals surface area contributed by atoms with Gasteiger partial charge in [0, 0.05) is 24.8 Å². The van der Waals surface area contributed by atoms with E-state index in [1.54, 1.807) is 11.8 Å². The fraction of sp³-hybridized carbons (Fsp3) is 0. The van der Waals surface area contributed by atoms with Crippen LogP contribution in [0.2, 0.25) is 5.02 Å². The van der Waals surface area contributed by atoms with E-state index in [4.69, 9.17) is 22.7 Å². The summed E-state index contributed by atoms with van der Waals surface area (Å²) in [5.74, 6) is 0.0683. The van der Waals surface area contributed by atoms with E-state index in [2.05, 4.69) is 15.9 Å². The van der Waals surface area contributed by atoms with Gasteiger partial charge in [0.05, 0.1) is 0 Å². The van der Waals surface area contributed by atoms with Crippen molar-refractivity contribution in [1.82, 2.24) is 0 Å². The Balaban J connectivity index is 2.24. The number of nitrogen functional groups attached to an aromatic ring is 1. The number of nitrogens with two attached hydrogens (primary N) is 1. The lowest BCUT2D eigenvalue weighted by Crippen LogP contribution is -2.10. The van der Waals surface area contributed by atoms with Crippen LogP contribution >= 0.6 is 39.3 Å². The molecule has 2 aromatic rings. The number of halogens is 2. The molecule has 0 aliphatic carbocycles. The van der Waals surface area contributed by atoms with Crippen LogP contribution in [0.3, 0.4) is 0 Å². The second-order valence-corrected chi connectivity index (χ2v) is 6.02. The van der Waals surface area contributed by atoms with Crippen molar-refractivity contribution < 1.29 is 0 Å². The maximum Gasteiger partial charge on any atom is 0.122 e. The molecule has 2 nitrogen and oxygen atoms in total. The van der Waals surface area contributed by atoms with Gasteiger partial charge in [-0.15, -0.1) is 0 Å². The number of hydrogen-bond acceptors (Lipinski definition) is 2. The summed E-state index contributed by atoms with van der Waals surface area (Å²) >= 11 is 11.0. The SMILES string of the molecule is N=C(N)c1ccc(Sc2ccc(Cl)cc2)c(Br)c1. The van der Waals surface area contributed by atoms with Crippen molar-refractivity contribution in [2.75, 3.05) is 0 Å². The Hall–Kier alpha value is -0.970. The number of hydrogen-bond donors (Lipinski definition) is 2. The third-order valence-electron chi connectivity index (χ3n) is 2.28. The van der Waals surface area contributed by atoms with Gasteiger partial charge in [0.15, 0.2) is 0 Å². The van der Waals surface area contributed by atoms with E-state index in [1.807, 2.05) is 42.5 Å². The zero-order chi connectivity index (χ0) is 13.1. The molecule has 0 saturated carbocycles. The number of amidine groups is 1. The molecule has 5 heteroatoms. The standard InChI is InChI=1S/C13H10BrClN2S/c14-11-7-8(13(16)17)1-6-12(11)18-10-4-2-9(15)3-5-10/h1-7H,(H3,16,17). The summed E-state index contributed by atoms with van der Waals surface area (Å²) in [7, 11) is 0. The Morgan fingerprint density at radius 1 is 1.17 bits per heavy atom. The quantitative estimate of drug-likeness (QED) is 0.636. The first-order valence-corrected chi connectivity index (χ1v) is 7.12. The van der Waals surface area contributed by atoms with Crippen LogP contribution in [0.25, 0.3) is 0 Å². The molecule has 0 amide bonds. The number of rotatable bonds is 3. The Morgan fingerprint density at radius 2 is 1.83 bits per heavy atom. The highest BCUT2D eigenvalue weighted by molar-refractivity contribution is 9.10. The summed E-state index contributed by atoms with van der Waals surface area (Å²) in [6, 6.07) is 13.3. The van der Waals surface area contributed by atoms with Crippen LogP contribution in [0, 0.1) is 5.41 Å². The van der Waals surface area contributed by atoms with Gasteiger partial charge in [0.1, 0.15) is 5.84 Å². The Bertz CT molecular complexity index is 584. The minimum absolute atomic E-state index is 0.0683. The summed E-state index contributed by atoms with van der Waals surface area (Å²) in [5, 5.41) is 8.11. The Morgan fingerprint density at radius 3 is 2.39 bits per heavy atom. The summed E-state index contributed by atoms with van der Waals surface area (Å²) in [4.78, 5) is 2.18. The van der Waals surface area contributed by atoms with Gasteiger partial charge in [0.25, 0.3) is 0 Å². The molecule has 0 saturated heterocycles. The van der Waals surface area contributed by atoms with Crippen molar-refractivity contribution in [2.24, 2.45) is 5.73 Å². The fourth-order valence-electron chi connectivity index (χ4n) is 1.38. The third-order valence-corrected chi connectivity index (χ3v) is 4.54. The van der Waals surface area contributed by atoms with Crippen LogP contribution in [0.15, 0.2) is 56.7 Å². The molecule has 0 bridgehead atoms. The molecule has 0 aliphatic rings. The topological polar surface area (TPSA) is 49.9 Å². The minimum Gasteiger partial charge on any atom is -0.384 e. The van der Waals surface area contributed by atoms with Crippen LogP contribution in [0.1, 0.15) is 5.56 Å². The van der Waals surface area contributed by atoms with Crippen LogP contribution in [-0.4, -0.2) is 5.84 Å². The lowest BCUT2D eigenvalue weighted by Gasteiger charge is -2.06. The number of nitrogens with one attached hydrogen (secondary N) is 1. The lowest BCUT2D eigenvalue weighted by atomic mass is 10.2. The van der Waals surface area contributed by atoms with Crippen molar-refractivity contribution in [3.05, 3.63) is 57.5 Å². The Kier molecular flexibility index (Phi) is 4.32. The van der Waals surface area contributed by atoms with Crippen LogP contribution in [0.5, 0.6) is 0 Å². The molecule has 92 valence electrons. The lowest BCUT2D eigenvalue weighted by molar-refractivity contribution is 1.34. The second-order valence-electron chi connectivity index (χ2n) is 3.61. The largest absolute Gasteiger partial charge is 0.384 e. The van der Waals surface area contributed by atoms with Crippen molar-refractivity contribution in [3.8, 4) is 0 Å². The molecule has 18 heavy (non-hydrogen) atoms. The maximum atomic E-state index is 7.38. The van der Waals surface area contributed by atoms with Crippen LogP contribution in [0.4, 0.5) is 0 Å². The molecule has 0 fully saturated rings. The highest BCUT2D eigenvalue weighted by Crippen LogP contribution is 2.34. The van der Waals surface area contributed by atoms with Crippen molar-refractivity contribution in [1.29, 1.82) is 5.41 Å². The monoisotopic (exact) mass is 340 g/mol. The molecule has 0 atom stereocenters. The van der Waals surface area contributed by atoms with Crippen LogP contribution < -0.4 is 5.73 Å². The molecule has 3 N–H and O–H groups in total. The van der Waals surface area contributed by atoms with E-state index < -0.39 is 0 Å². The van der Waals surface area contributed by atoms with Crippen molar-refractivity contribution in [3.63, 3.8) is 0 Å². The molecule has 0 aromatic heterocycles. The van der Waals surface area contributed by atoms with Crippen molar-refractivity contribution in [2.45, 2.75) is 9.79 Å². The predicted octanol–water partition coefficient (Wildman–Crippen LogP) is 4.54. The summed E-state index contributed by atoms with van der Waals surface area (Å²) in [5.41, 5.74) is 6.15. The minimum atomic E-state index is 0.0683. The molecule has 0 aliphatic heterocycles. The first-order chi connectivity index (χ1) is 8.56. The van der Waals surface area contributed by atoms with Gasteiger partial charge in [-0.3, -0.25) is 5.41 Å². The highest BCUT2D eigenvalue weighted by atomic mass is 79.9. The molecular formula is C13H10BrClN2S. The molecular weight excluding hydrogens is 332 g/mol. The average molecular weight is 342 g/mol. The first-order valence-electron chi connectivity index (χ1n) is 5.13. The molecule has 2 rings (SSSR count). The van der Waals surface area contributed by atoms with Gasteiger partial charge in [-0.05, 0) is 52.3 Å². The average Bonchev–Trinajstić information content (AvgIpc) is 2.34. The predicted molar refractivity (Wildman–Crippen MR) is 80.7 cm³/mol. The van der Waals surface area contributed by atoms with E-state index >= 15 is 0 Å². The van der Waals surface area contributed by atoms with Crippen LogP contribution in [-0.2, 0) is 0 Å². The molecule has 0 radical (unpaired) electrons. The van der Waals surface area contributed by atoms with Gasteiger partial charge >= 0.3 is 0 Å². The molecule has 0 spiro atoms. The van der Waals surface area contributed by atoms with Gasteiger partial charge in [-0.1, -0.05) is 29.4 Å². The van der Waals surface area contributed by atoms with E-state index in [0.717, 1.165) is 19.3 Å². The van der Waals surface area contributed by atoms with Gasteiger partial charge < -0.3 is 5.73 Å². The number of benzene rings is 2. The summed E-state index contributed by atoms with van der Waals surface area (Å²) < 4.78 is 0.926. The normalized spacial score (nSPS) is 10.3. The van der Waals surface area contributed by atoms with E-state index in [9.17, 15) is 0 Å². The van der Waals surface area contributed by atoms with E-state index in [0.29, 0.717) is 5.56 Å². The smallest absolute Gasteiger partial charge is 0.122 e. The van der Waals surface area contributed by atoms with Gasteiger partial charge in [-0.25, -0.2) is 0 Å². The zero-order valence-corrected chi connectivity index (χ0v) is 12.4. The zero-order valence-electron chi connectivity index (χ0n) is 9.28. The Labute approximate surface area is 123 Å². The van der Waals surface area contributed by atoms with Gasteiger partial charge in [0.2, 0.25) is 0 Å². The van der Waals surface area contributed by atoms with E-state index in [1.165, 1.54) is 0 Å². The second kappa shape index (κ2) is 5.78. The highest BCUT2D eigenvalue weighted by Gasteiger charge is 2.05. The molecule has 0 heterocycles. The molecule has 2 aromatic carbocycles. The van der Waals surface area contributed by atoms with Gasteiger partial charge in [-0.2, -0.15) is 0 Å². The maximum absolute atomic E-state index is 7.38. The summed E-state index contributed by atoms with van der Waals surface area (Å²) in [6.07, 6.45) is 0. The summed E-state index contributed by atoms with van der Waals surface area (Å²) in [6.45, 7) is 0. The van der Waals surface area contributed by atoms with Crippen molar-refractivity contribution >= 4 is 45.1 Å². The fourth-order valence-corrected chi connectivity index (χ4v) is 2.95. The van der Waals surface area contributed by atoms with E-state index in [-0.39, 0.29) is 5.84 Å². The molecule has 0 unspecified atom stereocenters. The third kappa shape index (κ3) is 3.28. The first kappa shape index (κ1) is 13.5.